The van der Waals surface area contributed by atoms with Gasteiger partial charge in [0.15, 0.2) is 0 Å². The minimum Gasteiger partial charge on any atom is -0.393 e. The number of pyridine rings is 2. The van der Waals surface area contributed by atoms with Gasteiger partial charge in [-0.25, -0.2) is 0 Å². The molecule has 120 valence electrons. The second kappa shape index (κ2) is 7.06. The third-order valence-electron chi connectivity index (χ3n) is 4.21. The number of hydrogen-bond donors (Lipinski definition) is 2. The van der Waals surface area contributed by atoms with Crippen LogP contribution in [0.2, 0.25) is 5.02 Å². The number of amides is 1. The maximum Gasteiger partial charge on any atom is 0.253 e. The van der Waals surface area contributed by atoms with Gasteiger partial charge in [-0.1, -0.05) is 11.6 Å². The van der Waals surface area contributed by atoms with Gasteiger partial charge in [-0.3, -0.25) is 14.8 Å². The van der Waals surface area contributed by atoms with E-state index in [4.69, 9.17) is 11.6 Å². The SMILES string of the molecule is O=C(NC(Cc1ccncc1)C1CC(O)C1)c1cncc(Cl)c1. The summed E-state index contributed by atoms with van der Waals surface area (Å²) in [5, 5.41) is 13.1. The van der Waals surface area contributed by atoms with Crippen LogP contribution in [0.25, 0.3) is 0 Å². The first kappa shape index (κ1) is 15.9. The maximum absolute atomic E-state index is 12.4. The van der Waals surface area contributed by atoms with E-state index in [0.29, 0.717) is 29.8 Å². The molecule has 1 aliphatic carbocycles. The van der Waals surface area contributed by atoms with Gasteiger partial charge in [0.2, 0.25) is 0 Å². The van der Waals surface area contributed by atoms with E-state index < -0.39 is 0 Å². The molecule has 0 spiro atoms. The Hall–Kier alpha value is -1.98. The van der Waals surface area contributed by atoms with Crippen LogP contribution in [-0.2, 0) is 6.42 Å². The topological polar surface area (TPSA) is 75.1 Å². The van der Waals surface area contributed by atoms with Gasteiger partial charge in [0.05, 0.1) is 16.7 Å². The highest BCUT2D eigenvalue weighted by atomic mass is 35.5. The van der Waals surface area contributed by atoms with Gasteiger partial charge >= 0.3 is 0 Å². The predicted molar refractivity (Wildman–Crippen MR) is 87.2 cm³/mol. The second-order valence-corrected chi connectivity index (χ2v) is 6.35. The van der Waals surface area contributed by atoms with Crippen LogP contribution in [0.3, 0.4) is 0 Å². The molecule has 0 aromatic carbocycles. The number of halogens is 1. The Bertz CT molecular complexity index is 675. The highest BCUT2D eigenvalue weighted by Crippen LogP contribution is 2.31. The fraction of sp³-hybridized carbons (Fsp3) is 0.353. The zero-order valence-corrected chi connectivity index (χ0v) is 13.3. The van der Waals surface area contributed by atoms with Crippen molar-refractivity contribution in [3.05, 3.63) is 59.1 Å². The maximum atomic E-state index is 12.4. The third kappa shape index (κ3) is 4.06. The molecule has 1 unspecified atom stereocenters. The summed E-state index contributed by atoms with van der Waals surface area (Å²) < 4.78 is 0. The number of aliphatic hydroxyl groups excluding tert-OH is 1. The minimum atomic E-state index is -0.260. The Balaban J connectivity index is 1.72. The average molecular weight is 332 g/mol. The van der Waals surface area contributed by atoms with Crippen molar-refractivity contribution in [2.24, 2.45) is 5.92 Å². The van der Waals surface area contributed by atoms with E-state index in [1.165, 1.54) is 12.4 Å². The highest BCUT2D eigenvalue weighted by Gasteiger charge is 2.34. The Kier molecular flexibility index (Phi) is 4.88. The number of rotatable bonds is 5. The van der Waals surface area contributed by atoms with Crippen molar-refractivity contribution >= 4 is 17.5 Å². The van der Waals surface area contributed by atoms with Gasteiger partial charge in [0.25, 0.3) is 5.91 Å². The second-order valence-electron chi connectivity index (χ2n) is 5.92. The Morgan fingerprint density at radius 3 is 2.70 bits per heavy atom. The number of aromatic nitrogens is 2. The van der Waals surface area contributed by atoms with Gasteiger partial charge in [0, 0.05) is 30.8 Å². The van der Waals surface area contributed by atoms with Gasteiger partial charge in [-0.15, -0.1) is 0 Å². The van der Waals surface area contributed by atoms with Gasteiger partial charge in [-0.05, 0) is 48.9 Å². The lowest BCUT2D eigenvalue weighted by Gasteiger charge is -2.38. The molecule has 0 radical (unpaired) electrons. The Morgan fingerprint density at radius 1 is 1.30 bits per heavy atom. The van der Waals surface area contributed by atoms with Crippen LogP contribution in [-0.4, -0.2) is 33.1 Å². The Morgan fingerprint density at radius 2 is 2.04 bits per heavy atom. The lowest BCUT2D eigenvalue weighted by atomic mass is 9.75. The molecular formula is C17H18ClN3O2. The van der Waals surface area contributed by atoms with E-state index in [1.807, 2.05) is 12.1 Å². The van der Waals surface area contributed by atoms with Crippen LogP contribution < -0.4 is 5.32 Å². The normalized spacial score (nSPS) is 21.3. The molecule has 0 aliphatic heterocycles. The summed E-state index contributed by atoms with van der Waals surface area (Å²) in [7, 11) is 0. The molecule has 0 bridgehead atoms. The van der Waals surface area contributed by atoms with E-state index in [-0.39, 0.29) is 24.0 Å². The summed E-state index contributed by atoms with van der Waals surface area (Å²) in [5.74, 6) is 0.0784. The third-order valence-corrected chi connectivity index (χ3v) is 4.41. The summed E-state index contributed by atoms with van der Waals surface area (Å²) in [5.41, 5.74) is 1.55. The first-order valence-corrected chi connectivity index (χ1v) is 7.98. The molecule has 2 N–H and O–H groups in total. The summed E-state index contributed by atoms with van der Waals surface area (Å²) >= 11 is 5.89. The fourth-order valence-electron chi connectivity index (χ4n) is 2.85. The zero-order valence-electron chi connectivity index (χ0n) is 12.5. The van der Waals surface area contributed by atoms with E-state index in [0.717, 1.165) is 5.56 Å². The van der Waals surface area contributed by atoms with Crippen molar-refractivity contribution in [3.63, 3.8) is 0 Å². The number of nitrogens with zero attached hydrogens (tertiary/aromatic N) is 2. The average Bonchev–Trinajstić information content (AvgIpc) is 2.52. The zero-order chi connectivity index (χ0) is 16.2. The minimum absolute atomic E-state index is 0.0349. The van der Waals surface area contributed by atoms with Gasteiger partial charge < -0.3 is 10.4 Å². The standard InChI is InChI=1S/C17H18ClN3O2/c18-14-6-13(9-20-10-14)17(23)21-16(12-7-15(22)8-12)5-11-1-3-19-4-2-11/h1-4,6,9-10,12,15-16,22H,5,7-8H2,(H,21,23). The largest absolute Gasteiger partial charge is 0.393 e. The molecule has 1 saturated carbocycles. The molecule has 1 aliphatic rings. The Labute approximate surface area is 139 Å². The van der Waals surface area contributed by atoms with E-state index >= 15 is 0 Å². The molecular weight excluding hydrogens is 314 g/mol. The van der Waals surface area contributed by atoms with Gasteiger partial charge in [0.1, 0.15) is 0 Å². The molecule has 2 aromatic rings. The number of carbonyl (C=O) groups is 1. The lowest BCUT2D eigenvalue weighted by Crippen LogP contribution is -2.48. The van der Waals surface area contributed by atoms with Crippen molar-refractivity contribution < 1.29 is 9.90 Å². The molecule has 1 atom stereocenters. The molecule has 23 heavy (non-hydrogen) atoms. The number of carbonyl (C=O) groups excluding carboxylic acids is 1. The molecule has 2 aromatic heterocycles. The molecule has 0 saturated heterocycles. The molecule has 5 nitrogen and oxygen atoms in total. The first-order chi connectivity index (χ1) is 11.1. The summed E-state index contributed by atoms with van der Waals surface area (Å²) in [4.78, 5) is 20.4. The quantitative estimate of drug-likeness (QED) is 0.881. The van der Waals surface area contributed by atoms with Crippen LogP contribution in [0.1, 0.15) is 28.8 Å². The fourth-order valence-corrected chi connectivity index (χ4v) is 3.03. The summed E-state index contributed by atoms with van der Waals surface area (Å²) in [6.45, 7) is 0. The smallest absolute Gasteiger partial charge is 0.253 e. The van der Waals surface area contributed by atoms with Crippen molar-refractivity contribution in [2.45, 2.75) is 31.4 Å². The molecule has 2 heterocycles. The predicted octanol–water partition coefficient (Wildman–Crippen LogP) is 2.24. The van der Waals surface area contributed by atoms with E-state index in [9.17, 15) is 9.90 Å². The van der Waals surface area contributed by atoms with Gasteiger partial charge in [-0.2, -0.15) is 0 Å². The van der Waals surface area contributed by atoms with E-state index in [1.54, 1.807) is 18.5 Å². The van der Waals surface area contributed by atoms with Crippen molar-refractivity contribution in [1.29, 1.82) is 0 Å². The molecule has 1 amide bonds. The van der Waals surface area contributed by atoms with Crippen molar-refractivity contribution in [3.8, 4) is 0 Å². The number of aliphatic hydroxyl groups is 1. The number of hydrogen-bond acceptors (Lipinski definition) is 4. The van der Waals surface area contributed by atoms with Crippen LogP contribution in [0.4, 0.5) is 0 Å². The van der Waals surface area contributed by atoms with Crippen LogP contribution in [0.15, 0.2) is 43.0 Å². The lowest BCUT2D eigenvalue weighted by molar-refractivity contribution is 0.0239. The summed E-state index contributed by atoms with van der Waals surface area (Å²) in [6.07, 6.45) is 8.35. The monoisotopic (exact) mass is 331 g/mol. The first-order valence-electron chi connectivity index (χ1n) is 7.60. The van der Waals surface area contributed by atoms with Crippen LogP contribution in [0.5, 0.6) is 0 Å². The number of nitrogens with one attached hydrogen (secondary N) is 1. The molecule has 6 heteroatoms. The molecule has 1 fully saturated rings. The van der Waals surface area contributed by atoms with Crippen molar-refractivity contribution in [1.82, 2.24) is 15.3 Å². The van der Waals surface area contributed by atoms with E-state index in [2.05, 4.69) is 15.3 Å². The highest BCUT2D eigenvalue weighted by molar-refractivity contribution is 6.30. The summed E-state index contributed by atoms with van der Waals surface area (Å²) in [6, 6.07) is 5.44. The van der Waals surface area contributed by atoms with Crippen molar-refractivity contribution in [2.75, 3.05) is 0 Å². The van der Waals surface area contributed by atoms with Crippen LogP contribution in [0, 0.1) is 5.92 Å². The van der Waals surface area contributed by atoms with Crippen LogP contribution >= 0.6 is 11.6 Å². The molecule has 3 rings (SSSR count).